The molecule has 0 aromatic carbocycles. The topological polar surface area (TPSA) is 95.9 Å². The highest BCUT2D eigenvalue weighted by atomic mass is 32.2. The highest BCUT2D eigenvalue weighted by molar-refractivity contribution is 7.84. The van der Waals surface area contributed by atoms with Crippen molar-refractivity contribution in [3.05, 3.63) is 6.33 Å². The quantitative estimate of drug-likeness (QED) is 0.832. The van der Waals surface area contributed by atoms with Crippen molar-refractivity contribution in [1.82, 2.24) is 19.5 Å². The van der Waals surface area contributed by atoms with Gasteiger partial charge in [0.05, 0.1) is 7.11 Å². The van der Waals surface area contributed by atoms with E-state index in [0.29, 0.717) is 41.0 Å². The van der Waals surface area contributed by atoms with Gasteiger partial charge >= 0.3 is 0 Å². The van der Waals surface area contributed by atoms with Gasteiger partial charge in [0.1, 0.15) is 6.33 Å². The molecule has 7 nitrogen and oxygen atoms in total. The van der Waals surface area contributed by atoms with E-state index in [1.807, 2.05) is 6.92 Å². The van der Waals surface area contributed by atoms with Crippen LogP contribution in [0.25, 0.3) is 11.2 Å². The molecular formula is C10H15N5O2S. The minimum absolute atomic E-state index is 0.330. The molecule has 0 aliphatic carbocycles. The average Bonchev–Trinajstić information content (AvgIpc) is 2.71. The Labute approximate surface area is 107 Å². The molecule has 98 valence electrons. The number of methoxy groups -OCH3 is 1. The van der Waals surface area contributed by atoms with Crippen LogP contribution < -0.4 is 10.5 Å². The van der Waals surface area contributed by atoms with Gasteiger partial charge in [-0.1, -0.05) is 6.92 Å². The van der Waals surface area contributed by atoms with E-state index in [9.17, 15) is 4.21 Å². The number of nitrogens with zero attached hydrogens (tertiary/aromatic N) is 4. The van der Waals surface area contributed by atoms with Gasteiger partial charge in [-0.2, -0.15) is 4.98 Å². The zero-order valence-electron chi connectivity index (χ0n) is 10.3. The van der Waals surface area contributed by atoms with E-state index >= 15 is 0 Å². The van der Waals surface area contributed by atoms with E-state index in [-0.39, 0.29) is 0 Å². The molecule has 0 aliphatic rings. The summed E-state index contributed by atoms with van der Waals surface area (Å²) in [5.41, 5.74) is 6.97. The molecule has 0 saturated carbocycles. The summed E-state index contributed by atoms with van der Waals surface area (Å²) in [6, 6.07) is 0. The van der Waals surface area contributed by atoms with Crippen LogP contribution in [0.2, 0.25) is 0 Å². The standard InChI is InChI=1S/C10H15N5O2S/c1-3-18(16)5-4-15-8-7(14-10(15)11)9(17-2)13-6-12-8/h6H,3-5H2,1-2H3,(H2,11,14). The number of nitrogens with two attached hydrogens (primary N) is 1. The van der Waals surface area contributed by atoms with Gasteiger partial charge in [-0.25, -0.2) is 9.97 Å². The molecule has 2 aromatic heterocycles. The number of nitrogen functional groups attached to an aromatic ring is 1. The minimum Gasteiger partial charge on any atom is -0.479 e. The minimum atomic E-state index is -0.849. The van der Waals surface area contributed by atoms with Crippen LogP contribution in [0.1, 0.15) is 6.92 Å². The number of hydrogen-bond acceptors (Lipinski definition) is 6. The number of hydrogen-bond donors (Lipinski definition) is 1. The fourth-order valence-electron chi connectivity index (χ4n) is 1.64. The maximum atomic E-state index is 11.5. The Hall–Kier alpha value is -1.70. The summed E-state index contributed by atoms with van der Waals surface area (Å²) in [6.07, 6.45) is 1.40. The van der Waals surface area contributed by atoms with E-state index in [2.05, 4.69) is 15.0 Å². The van der Waals surface area contributed by atoms with E-state index in [0.717, 1.165) is 0 Å². The molecule has 0 fully saturated rings. The molecule has 0 spiro atoms. The van der Waals surface area contributed by atoms with Crippen molar-refractivity contribution in [2.45, 2.75) is 13.5 Å². The van der Waals surface area contributed by atoms with Gasteiger partial charge in [0, 0.05) is 28.9 Å². The lowest BCUT2D eigenvalue weighted by molar-refractivity contribution is 0.401. The Kier molecular flexibility index (Phi) is 3.75. The number of fused-ring (bicyclic) bond motifs is 1. The highest BCUT2D eigenvalue weighted by Crippen LogP contribution is 2.22. The predicted molar refractivity (Wildman–Crippen MR) is 69.8 cm³/mol. The van der Waals surface area contributed by atoms with Gasteiger partial charge in [-0.15, -0.1) is 0 Å². The van der Waals surface area contributed by atoms with Gasteiger partial charge in [-0.05, 0) is 0 Å². The van der Waals surface area contributed by atoms with Crippen molar-refractivity contribution in [3.8, 4) is 5.88 Å². The molecule has 0 saturated heterocycles. The fourth-order valence-corrected chi connectivity index (χ4v) is 2.31. The fraction of sp³-hybridized carbons (Fsp3) is 0.500. The molecule has 0 bridgehead atoms. The molecule has 0 radical (unpaired) electrons. The van der Waals surface area contributed by atoms with Crippen LogP contribution >= 0.6 is 0 Å². The van der Waals surface area contributed by atoms with E-state index in [1.165, 1.54) is 13.4 Å². The Morgan fingerprint density at radius 1 is 1.50 bits per heavy atom. The molecule has 18 heavy (non-hydrogen) atoms. The third kappa shape index (κ3) is 2.28. The molecule has 2 heterocycles. The SMILES string of the molecule is CCS(=O)CCn1c(N)nc2c(OC)ncnc21. The third-order valence-corrected chi connectivity index (χ3v) is 3.87. The summed E-state index contributed by atoms with van der Waals surface area (Å²) < 4.78 is 18.3. The van der Waals surface area contributed by atoms with Crippen LogP contribution in [0.4, 0.5) is 5.95 Å². The zero-order chi connectivity index (χ0) is 13.1. The third-order valence-electron chi connectivity index (χ3n) is 2.59. The molecule has 0 aliphatic heterocycles. The van der Waals surface area contributed by atoms with Crippen LogP contribution in [0.3, 0.4) is 0 Å². The van der Waals surface area contributed by atoms with Crippen LogP contribution in [-0.2, 0) is 17.3 Å². The number of imidazole rings is 1. The number of rotatable bonds is 5. The van der Waals surface area contributed by atoms with Crippen molar-refractivity contribution in [2.75, 3.05) is 24.3 Å². The van der Waals surface area contributed by atoms with Gasteiger partial charge in [0.2, 0.25) is 11.8 Å². The van der Waals surface area contributed by atoms with Gasteiger partial charge in [-0.3, -0.25) is 8.78 Å². The largest absolute Gasteiger partial charge is 0.479 e. The molecule has 8 heteroatoms. The first kappa shape index (κ1) is 12.7. The number of ether oxygens (including phenoxy) is 1. The van der Waals surface area contributed by atoms with E-state index in [4.69, 9.17) is 10.5 Å². The lowest BCUT2D eigenvalue weighted by atomic mass is 10.5. The lowest BCUT2D eigenvalue weighted by Crippen LogP contribution is -2.11. The predicted octanol–water partition coefficient (Wildman–Crippen LogP) is 0.186. The van der Waals surface area contributed by atoms with Crippen LogP contribution in [-0.4, -0.2) is 42.3 Å². The molecule has 0 amide bonds. The summed E-state index contributed by atoms with van der Waals surface area (Å²) in [4.78, 5) is 12.3. The second-order valence-electron chi connectivity index (χ2n) is 3.61. The van der Waals surface area contributed by atoms with Crippen molar-refractivity contribution in [1.29, 1.82) is 0 Å². The molecule has 2 rings (SSSR count). The summed E-state index contributed by atoms with van der Waals surface area (Å²) in [7, 11) is 0.668. The first-order valence-corrected chi connectivity index (χ1v) is 7.01. The van der Waals surface area contributed by atoms with Crippen molar-refractivity contribution in [3.63, 3.8) is 0 Å². The Balaban J connectivity index is 2.38. The molecule has 1 unspecified atom stereocenters. The second-order valence-corrected chi connectivity index (χ2v) is 5.47. The normalized spacial score (nSPS) is 12.8. The summed E-state index contributed by atoms with van der Waals surface area (Å²) in [5.74, 6) is 1.88. The number of aryl methyl sites for hydroxylation is 1. The highest BCUT2D eigenvalue weighted by Gasteiger charge is 2.14. The Morgan fingerprint density at radius 2 is 2.28 bits per heavy atom. The number of aromatic nitrogens is 4. The zero-order valence-corrected chi connectivity index (χ0v) is 11.1. The van der Waals surface area contributed by atoms with Crippen molar-refractivity contribution >= 4 is 27.9 Å². The monoisotopic (exact) mass is 269 g/mol. The molecule has 2 aromatic rings. The summed E-state index contributed by atoms with van der Waals surface area (Å²) in [5, 5.41) is 0. The smallest absolute Gasteiger partial charge is 0.245 e. The Bertz CT molecular complexity index is 583. The molecule has 1 atom stereocenters. The van der Waals surface area contributed by atoms with Crippen LogP contribution in [0.5, 0.6) is 5.88 Å². The van der Waals surface area contributed by atoms with Crippen molar-refractivity contribution < 1.29 is 8.95 Å². The molecular weight excluding hydrogens is 254 g/mol. The van der Waals surface area contributed by atoms with Crippen LogP contribution in [0, 0.1) is 0 Å². The maximum Gasteiger partial charge on any atom is 0.245 e. The van der Waals surface area contributed by atoms with Gasteiger partial charge < -0.3 is 10.5 Å². The number of anilines is 1. The first-order chi connectivity index (χ1) is 8.67. The second kappa shape index (κ2) is 5.30. The first-order valence-electron chi connectivity index (χ1n) is 5.53. The van der Waals surface area contributed by atoms with Crippen LogP contribution in [0.15, 0.2) is 6.33 Å². The van der Waals surface area contributed by atoms with E-state index < -0.39 is 10.8 Å². The van der Waals surface area contributed by atoms with Crippen molar-refractivity contribution in [2.24, 2.45) is 0 Å². The maximum absolute atomic E-state index is 11.5. The van der Waals surface area contributed by atoms with Gasteiger partial charge in [0.15, 0.2) is 11.2 Å². The Morgan fingerprint density at radius 3 is 2.94 bits per heavy atom. The lowest BCUT2D eigenvalue weighted by Gasteiger charge is -2.04. The molecule has 2 N–H and O–H groups in total. The average molecular weight is 269 g/mol. The summed E-state index contributed by atoms with van der Waals surface area (Å²) in [6.45, 7) is 2.40. The van der Waals surface area contributed by atoms with E-state index in [1.54, 1.807) is 4.57 Å². The summed E-state index contributed by atoms with van der Waals surface area (Å²) >= 11 is 0. The van der Waals surface area contributed by atoms with Gasteiger partial charge in [0.25, 0.3) is 0 Å².